The van der Waals surface area contributed by atoms with E-state index in [2.05, 4.69) is 0 Å². The third-order valence-corrected chi connectivity index (χ3v) is 6.23. The summed E-state index contributed by atoms with van der Waals surface area (Å²) in [6.45, 7) is 3.90. The average molecular weight is 516 g/mol. The number of carbonyl (C=O) groups excluding carboxylic acids is 2. The van der Waals surface area contributed by atoms with Gasteiger partial charge >= 0.3 is 6.18 Å². The minimum atomic E-state index is -4.57. The lowest BCUT2D eigenvalue weighted by molar-refractivity contribution is -0.137. The molecule has 186 valence electrons. The van der Waals surface area contributed by atoms with Crippen LogP contribution in [0.15, 0.2) is 72.3 Å². The summed E-state index contributed by atoms with van der Waals surface area (Å²) >= 11 is 6.33. The maximum atomic E-state index is 13.3. The van der Waals surface area contributed by atoms with Gasteiger partial charge in [-0.05, 0) is 67.4 Å². The number of aliphatic hydroxyl groups excluding tert-OH is 1. The van der Waals surface area contributed by atoms with Gasteiger partial charge in [0.15, 0.2) is 0 Å². The van der Waals surface area contributed by atoms with Gasteiger partial charge in [0.05, 0.1) is 28.8 Å². The van der Waals surface area contributed by atoms with Crippen LogP contribution in [0.25, 0.3) is 5.76 Å². The molecule has 0 aliphatic carbocycles. The molecule has 1 heterocycles. The van der Waals surface area contributed by atoms with Gasteiger partial charge in [-0.3, -0.25) is 14.5 Å². The molecular formula is C27H21ClF3NO4. The number of aryl methyl sites for hydroxylation is 1. The molecule has 0 radical (unpaired) electrons. The normalized spacial score (nSPS) is 17.5. The predicted octanol–water partition coefficient (Wildman–Crippen LogP) is 6.69. The molecule has 4 rings (SSSR count). The zero-order valence-electron chi connectivity index (χ0n) is 19.3. The SMILES string of the molecule is CCOc1ccc(Cl)c(/C(O)=C2\C(=O)C(=O)N(c3ccc(C(F)(F)F)cc3)C2c2ccccc2C)c1. The van der Waals surface area contributed by atoms with Crippen LogP contribution < -0.4 is 9.64 Å². The first-order valence-corrected chi connectivity index (χ1v) is 11.4. The van der Waals surface area contributed by atoms with E-state index in [-0.39, 0.29) is 21.8 Å². The molecular weight excluding hydrogens is 495 g/mol. The van der Waals surface area contributed by atoms with Gasteiger partial charge in [-0.1, -0.05) is 35.9 Å². The van der Waals surface area contributed by atoms with Crippen LogP contribution in [0.2, 0.25) is 5.02 Å². The highest BCUT2D eigenvalue weighted by molar-refractivity contribution is 6.52. The van der Waals surface area contributed by atoms with Crippen LogP contribution in [-0.2, 0) is 15.8 Å². The zero-order valence-corrected chi connectivity index (χ0v) is 20.0. The van der Waals surface area contributed by atoms with E-state index in [1.165, 1.54) is 12.1 Å². The number of hydrogen-bond acceptors (Lipinski definition) is 4. The first kappa shape index (κ1) is 25.3. The Kier molecular flexibility index (Phi) is 6.82. The van der Waals surface area contributed by atoms with Crippen molar-refractivity contribution in [3.05, 3.63) is 99.6 Å². The second-order valence-electron chi connectivity index (χ2n) is 8.14. The van der Waals surface area contributed by atoms with Crippen LogP contribution in [0.3, 0.4) is 0 Å². The van der Waals surface area contributed by atoms with E-state index >= 15 is 0 Å². The predicted molar refractivity (Wildman–Crippen MR) is 130 cm³/mol. The molecule has 0 bridgehead atoms. The number of amides is 1. The largest absolute Gasteiger partial charge is 0.507 e. The molecule has 1 unspecified atom stereocenters. The highest BCUT2D eigenvalue weighted by Gasteiger charge is 2.47. The number of ether oxygens (including phenoxy) is 1. The van der Waals surface area contributed by atoms with E-state index in [0.29, 0.717) is 23.5 Å². The number of alkyl halides is 3. The van der Waals surface area contributed by atoms with Gasteiger partial charge in [0.25, 0.3) is 11.7 Å². The third kappa shape index (κ3) is 4.56. The zero-order chi connectivity index (χ0) is 26.2. The Morgan fingerprint density at radius 3 is 2.33 bits per heavy atom. The Morgan fingerprint density at radius 1 is 1.06 bits per heavy atom. The Hall–Kier alpha value is -3.78. The summed E-state index contributed by atoms with van der Waals surface area (Å²) in [6.07, 6.45) is -4.57. The minimum absolute atomic E-state index is 0.0755. The van der Waals surface area contributed by atoms with Gasteiger partial charge in [0.2, 0.25) is 0 Å². The van der Waals surface area contributed by atoms with Gasteiger partial charge in [-0.2, -0.15) is 13.2 Å². The first-order chi connectivity index (χ1) is 17.0. The molecule has 36 heavy (non-hydrogen) atoms. The van der Waals surface area contributed by atoms with E-state index in [4.69, 9.17) is 16.3 Å². The molecule has 3 aromatic rings. The molecule has 1 aliphatic heterocycles. The van der Waals surface area contributed by atoms with Crippen molar-refractivity contribution in [3.8, 4) is 5.75 Å². The van der Waals surface area contributed by atoms with E-state index in [9.17, 15) is 27.9 Å². The Labute approximate surface area is 210 Å². The number of Topliss-reactive ketones (excluding diaryl/α,β-unsaturated/α-hetero) is 1. The summed E-state index contributed by atoms with van der Waals surface area (Å²) in [5.74, 6) is -2.09. The fourth-order valence-corrected chi connectivity index (χ4v) is 4.39. The molecule has 1 amide bonds. The van der Waals surface area contributed by atoms with E-state index in [1.807, 2.05) is 0 Å². The van der Waals surface area contributed by atoms with Gasteiger partial charge < -0.3 is 9.84 Å². The molecule has 1 atom stereocenters. The van der Waals surface area contributed by atoms with Crippen LogP contribution >= 0.6 is 11.6 Å². The van der Waals surface area contributed by atoms with Crippen molar-refractivity contribution in [2.45, 2.75) is 26.1 Å². The van der Waals surface area contributed by atoms with Crippen LogP contribution in [0, 0.1) is 6.92 Å². The summed E-state index contributed by atoms with van der Waals surface area (Å²) in [5, 5.41) is 11.4. The van der Waals surface area contributed by atoms with Crippen LogP contribution in [0.5, 0.6) is 5.75 Å². The van der Waals surface area contributed by atoms with E-state index < -0.39 is 35.2 Å². The number of nitrogens with zero attached hydrogens (tertiary/aromatic N) is 1. The molecule has 1 aliphatic rings. The quantitative estimate of drug-likeness (QED) is 0.233. The highest BCUT2D eigenvalue weighted by Crippen LogP contribution is 2.44. The summed E-state index contributed by atoms with van der Waals surface area (Å²) in [6, 6.07) is 14.3. The van der Waals surface area contributed by atoms with Crippen molar-refractivity contribution < 1.29 is 32.6 Å². The lowest BCUT2D eigenvalue weighted by Crippen LogP contribution is -2.29. The van der Waals surface area contributed by atoms with Crippen LogP contribution in [-0.4, -0.2) is 23.4 Å². The first-order valence-electron chi connectivity index (χ1n) is 11.0. The number of anilines is 1. The number of ketones is 1. The van der Waals surface area contributed by atoms with E-state index in [0.717, 1.165) is 29.2 Å². The summed E-state index contributed by atoms with van der Waals surface area (Å²) in [5.41, 5.74) is 0.273. The fourth-order valence-electron chi connectivity index (χ4n) is 4.19. The Balaban J connectivity index is 1.94. The molecule has 5 nitrogen and oxygen atoms in total. The number of halogens is 4. The molecule has 0 saturated carbocycles. The standard InChI is InChI=1S/C27H21ClF3NO4/c1-3-36-18-12-13-21(28)20(14-18)24(33)22-23(19-7-5-4-6-15(19)2)32(26(35)25(22)34)17-10-8-16(9-11-17)27(29,30)31/h4-14,23,33H,3H2,1-2H3/b24-22+. The smallest absolute Gasteiger partial charge is 0.416 e. The fraction of sp³-hybridized carbons (Fsp3) is 0.185. The Morgan fingerprint density at radius 2 is 1.72 bits per heavy atom. The topological polar surface area (TPSA) is 66.8 Å². The van der Waals surface area contributed by atoms with Crippen molar-refractivity contribution in [2.24, 2.45) is 0 Å². The van der Waals surface area contributed by atoms with Gasteiger partial charge in [0, 0.05) is 11.3 Å². The second-order valence-corrected chi connectivity index (χ2v) is 8.55. The molecule has 3 aromatic carbocycles. The summed E-state index contributed by atoms with van der Waals surface area (Å²) in [7, 11) is 0. The van der Waals surface area contributed by atoms with Crippen molar-refractivity contribution in [3.63, 3.8) is 0 Å². The maximum Gasteiger partial charge on any atom is 0.416 e. The number of rotatable bonds is 5. The van der Waals surface area contributed by atoms with Gasteiger partial charge in [-0.25, -0.2) is 0 Å². The number of hydrogen-bond donors (Lipinski definition) is 1. The van der Waals surface area contributed by atoms with Gasteiger partial charge in [-0.15, -0.1) is 0 Å². The lowest BCUT2D eigenvalue weighted by atomic mass is 9.92. The van der Waals surface area contributed by atoms with E-state index in [1.54, 1.807) is 44.2 Å². The lowest BCUT2D eigenvalue weighted by Gasteiger charge is -2.27. The van der Waals surface area contributed by atoms with Crippen molar-refractivity contribution in [1.29, 1.82) is 0 Å². The molecule has 0 spiro atoms. The molecule has 1 fully saturated rings. The van der Waals surface area contributed by atoms with Gasteiger partial charge in [0.1, 0.15) is 11.5 Å². The molecule has 9 heteroatoms. The second kappa shape index (κ2) is 9.70. The summed E-state index contributed by atoms with van der Waals surface area (Å²) in [4.78, 5) is 27.6. The Bertz CT molecular complexity index is 1370. The number of aliphatic hydroxyl groups is 1. The van der Waals surface area contributed by atoms with Crippen LogP contribution in [0.1, 0.15) is 35.2 Å². The third-order valence-electron chi connectivity index (χ3n) is 5.90. The van der Waals surface area contributed by atoms with Crippen molar-refractivity contribution in [1.82, 2.24) is 0 Å². The van der Waals surface area contributed by atoms with Crippen molar-refractivity contribution >= 4 is 34.7 Å². The number of benzene rings is 3. The minimum Gasteiger partial charge on any atom is -0.507 e. The average Bonchev–Trinajstić information content (AvgIpc) is 3.10. The van der Waals surface area contributed by atoms with Crippen molar-refractivity contribution in [2.75, 3.05) is 11.5 Å². The molecule has 1 N–H and O–H groups in total. The monoisotopic (exact) mass is 515 g/mol. The highest BCUT2D eigenvalue weighted by atomic mass is 35.5. The molecule has 1 saturated heterocycles. The maximum absolute atomic E-state index is 13.3. The number of carbonyl (C=O) groups is 2. The molecule has 0 aromatic heterocycles. The van der Waals surface area contributed by atoms with Crippen LogP contribution in [0.4, 0.5) is 18.9 Å². The summed E-state index contributed by atoms with van der Waals surface area (Å²) < 4.78 is 44.8.